The summed E-state index contributed by atoms with van der Waals surface area (Å²) in [6.07, 6.45) is 1.64. The molecule has 2 aromatic carbocycles. The molecule has 1 N–H and O–H groups in total. The number of rotatable bonds is 4. The van der Waals surface area contributed by atoms with Gasteiger partial charge in [-0.2, -0.15) is 10.0 Å². The van der Waals surface area contributed by atoms with Crippen LogP contribution in [0.2, 0.25) is 0 Å². The molecule has 2 aromatic rings. The van der Waals surface area contributed by atoms with Crippen molar-refractivity contribution in [3.05, 3.63) is 69.7 Å². The van der Waals surface area contributed by atoms with Gasteiger partial charge in [0.2, 0.25) is 5.17 Å². The van der Waals surface area contributed by atoms with E-state index in [1.54, 1.807) is 31.0 Å². The summed E-state index contributed by atoms with van der Waals surface area (Å²) >= 11 is 6.31. The molecular formula is C20H15BrN4O2S2. The fraction of sp³-hybridized carbons (Fsp3) is 0.100. The van der Waals surface area contributed by atoms with Gasteiger partial charge in [0.25, 0.3) is 5.91 Å². The Labute approximate surface area is 184 Å². The SMILES string of the molecule is COc1ccc(C=C2C(=N)N3N=C(SCc4ccccc4)SC3=NC2=O)cc1Br. The Kier molecular flexibility index (Phi) is 5.89. The molecular weight excluding hydrogens is 472 g/mol. The Hall–Kier alpha value is -2.36. The van der Waals surface area contributed by atoms with Gasteiger partial charge >= 0.3 is 0 Å². The number of hydrazone groups is 1. The Balaban J connectivity index is 1.54. The van der Waals surface area contributed by atoms with Crippen molar-refractivity contribution in [3.8, 4) is 5.75 Å². The maximum absolute atomic E-state index is 12.5. The number of carbonyl (C=O) groups excluding carboxylic acids is 1. The van der Waals surface area contributed by atoms with E-state index in [-0.39, 0.29) is 11.4 Å². The van der Waals surface area contributed by atoms with Crippen LogP contribution in [0.5, 0.6) is 5.75 Å². The average molecular weight is 487 g/mol. The Morgan fingerprint density at radius 3 is 2.79 bits per heavy atom. The third-order valence-electron chi connectivity index (χ3n) is 4.13. The number of fused-ring (bicyclic) bond motifs is 1. The number of aliphatic imine (C=N–C) groups is 1. The van der Waals surface area contributed by atoms with Gasteiger partial charge in [0, 0.05) is 5.75 Å². The number of nitrogens with one attached hydrogen (secondary N) is 1. The predicted molar refractivity (Wildman–Crippen MR) is 123 cm³/mol. The summed E-state index contributed by atoms with van der Waals surface area (Å²) in [6, 6.07) is 15.5. The summed E-state index contributed by atoms with van der Waals surface area (Å²) in [7, 11) is 1.59. The smallest absolute Gasteiger partial charge is 0.283 e. The largest absolute Gasteiger partial charge is 0.496 e. The molecule has 0 bridgehead atoms. The molecule has 2 heterocycles. The second-order valence-corrected chi connectivity index (χ2v) is 9.09. The van der Waals surface area contributed by atoms with Gasteiger partial charge in [-0.3, -0.25) is 10.2 Å². The van der Waals surface area contributed by atoms with E-state index in [0.29, 0.717) is 10.9 Å². The van der Waals surface area contributed by atoms with Crippen LogP contribution in [-0.4, -0.2) is 33.4 Å². The van der Waals surface area contributed by atoms with E-state index in [4.69, 9.17) is 10.1 Å². The lowest BCUT2D eigenvalue weighted by Gasteiger charge is -2.20. The first-order valence-electron chi connectivity index (χ1n) is 8.55. The number of nitrogens with zero attached hydrogens (tertiary/aromatic N) is 3. The number of methoxy groups -OCH3 is 1. The zero-order valence-electron chi connectivity index (χ0n) is 15.3. The van der Waals surface area contributed by atoms with Crippen molar-refractivity contribution in [2.24, 2.45) is 10.1 Å². The first kappa shape index (κ1) is 19.9. The second kappa shape index (κ2) is 8.56. The third-order valence-corrected chi connectivity index (χ3v) is 6.86. The summed E-state index contributed by atoms with van der Waals surface area (Å²) < 4.78 is 6.75. The maximum atomic E-state index is 12.5. The van der Waals surface area contributed by atoms with Crippen LogP contribution in [-0.2, 0) is 10.5 Å². The molecule has 4 rings (SSSR count). The van der Waals surface area contributed by atoms with E-state index < -0.39 is 5.91 Å². The average Bonchev–Trinajstić information content (AvgIpc) is 3.13. The fourth-order valence-corrected chi connectivity index (χ4v) is 5.13. The van der Waals surface area contributed by atoms with Crippen molar-refractivity contribution in [1.82, 2.24) is 5.01 Å². The molecule has 0 fully saturated rings. The molecule has 9 heteroatoms. The first-order valence-corrected chi connectivity index (χ1v) is 11.1. The van der Waals surface area contributed by atoms with Crippen LogP contribution >= 0.6 is 39.5 Å². The van der Waals surface area contributed by atoms with Crippen molar-refractivity contribution >= 4 is 66.8 Å². The van der Waals surface area contributed by atoms with Crippen LogP contribution in [0.1, 0.15) is 11.1 Å². The number of hydrogen-bond donors (Lipinski definition) is 1. The highest BCUT2D eigenvalue weighted by Gasteiger charge is 2.35. The Bertz CT molecular complexity index is 1080. The molecule has 0 spiro atoms. The minimum atomic E-state index is -0.440. The van der Waals surface area contributed by atoms with Gasteiger partial charge in [-0.25, -0.2) is 0 Å². The molecule has 29 heavy (non-hydrogen) atoms. The number of carbonyl (C=O) groups is 1. The van der Waals surface area contributed by atoms with Crippen LogP contribution in [0.3, 0.4) is 0 Å². The zero-order valence-corrected chi connectivity index (χ0v) is 18.5. The van der Waals surface area contributed by atoms with E-state index in [1.165, 1.54) is 22.3 Å². The molecule has 0 saturated carbocycles. The van der Waals surface area contributed by atoms with E-state index in [9.17, 15) is 4.79 Å². The number of amidine groups is 2. The summed E-state index contributed by atoms with van der Waals surface area (Å²) in [6.45, 7) is 0. The van der Waals surface area contributed by atoms with Crippen molar-refractivity contribution < 1.29 is 9.53 Å². The number of thioether (sulfide) groups is 2. The number of ether oxygens (including phenoxy) is 1. The molecule has 2 aliphatic rings. The van der Waals surface area contributed by atoms with Crippen LogP contribution in [0.25, 0.3) is 6.08 Å². The van der Waals surface area contributed by atoms with Gasteiger partial charge in [0.05, 0.1) is 17.2 Å². The molecule has 2 aliphatic heterocycles. The minimum Gasteiger partial charge on any atom is -0.496 e. The molecule has 0 atom stereocenters. The van der Waals surface area contributed by atoms with Crippen LogP contribution in [0.15, 0.2) is 68.7 Å². The molecule has 146 valence electrons. The standard InChI is InChI=1S/C20H15BrN4O2S2/c1-27-16-8-7-13(10-15(16)21)9-14-17(22)25-19(23-18(14)26)29-20(24-25)28-11-12-5-3-2-4-6-12/h2-10,22H,11H2,1H3. The highest BCUT2D eigenvalue weighted by molar-refractivity contribution is 9.10. The number of amides is 1. The first-order chi connectivity index (χ1) is 14.0. The van der Waals surface area contributed by atoms with E-state index >= 15 is 0 Å². The topological polar surface area (TPSA) is 78.1 Å². The molecule has 0 aromatic heterocycles. The molecule has 0 radical (unpaired) electrons. The van der Waals surface area contributed by atoms with Crippen LogP contribution < -0.4 is 4.74 Å². The molecule has 0 aliphatic carbocycles. The van der Waals surface area contributed by atoms with Crippen LogP contribution in [0, 0.1) is 5.41 Å². The highest BCUT2D eigenvalue weighted by Crippen LogP contribution is 2.34. The third kappa shape index (κ3) is 4.31. The van der Waals surface area contributed by atoms with Crippen molar-refractivity contribution in [3.63, 3.8) is 0 Å². The Morgan fingerprint density at radius 1 is 1.28 bits per heavy atom. The number of halogens is 1. The van der Waals surface area contributed by atoms with Gasteiger partial charge in [-0.15, -0.1) is 5.10 Å². The normalized spacial score (nSPS) is 17.3. The van der Waals surface area contributed by atoms with E-state index in [1.807, 2.05) is 30.3 Å². The second-order valence-electron chi connectivity index (χ2n) is 6.05. The van der Waals surface area contributed by atoms with Gasteiger partial charge in [0.1, 0.15) is 5.75 Å². The fourth-order valence-electron chi connectivity index (χ4n) is 2.69. The summed E-state index contributed by atoms with van der Waals surface area (Å²) in [5.41, 5.74) is 2.15. The highest BCUT2D eigenvalue weighted by atomic mass is 79.9. The van der Waals surface area contributed by atoms with Crippen molar-refractivity contribution in [2.75, 3.05) is 7.11 Å². The van der Waals surface area contributed by atoms with Gasteiger partial charge in [0.15, 0.2) is 10.2 Å². The monoisotopic (exact) mass is 486 g/mol. The summed E-state index contributed by atoms with van der Waals surface area (Å²) in [5, 5.41) is 14.8. The molecule has 0 unspecified atom stereocenters. The summed E-state index contributed by atoms with van der Waals surface area (Å²) in [4.78, 5) is 16.6. The number of hydrogen-bond acceptors (Lipinski definition) is 6. The Morgan fingerprint density at radius 2 is 2.07 bits per heavy atom. The van der Waals surface area contributed by atoms with Crippen molar-refractivity contribution in [2.45, 2.75) is 5.75 Å². The minimum absolute atomic E-state index is 0.0229. The van der Waals surface area contributed by atoms with Gasteiger partial charge in [-0.1, -0.05) is 48.2 Å². The molecule has 6 nitrogen and oxygen atoms in total. The maximum Gasteiger partial charge on any atom is 0.283 e. The van der Waals surface area contributed by atoms with Gasteiger partial charge in [-0.05, 0) is 57.0 Å². The van der Waals surface area contributed by atoms with Gasteiger partial charge < -0.3 is 4.74 Å². The predicted octanol–water partition coefficient (Wildman–Crippen LogP) is 4.97. The van der Waals surface area contributed by atoms with Crippen LogP contribution in [0.4, 0.5) is 0 Å². The summed E-state index contributed by atoms with van der Waals surface area (Å²) in [5.74, 6) is 1.04. The quantitative estimate of drug-likeness (QED) is 0.617. The lowest BCUT2D eigenvalue weighted by Crippen LogP contribution is -2.35. The van der Waals surface area contributed by atoms with E-state index in [2.05, 4.69) is 38.2 Å². The molecule has 1 amide bonds. The zero-order chi connectivity index (χ0) is 20.4. The van der Waals surface area contributed by atoms with Crippen molar-refractivity contribution in [1.29, 1.82) is 5.41 Å². The van der Waals surface area contributed by atoms with E-state index in [0.717, 1.165) is 20.2 Å². The lowest BCUT2D eigenvalue weighted by molar-refractivity contribution is -0.114. The lowest BCUT2D eigenvalue weighted by atomic mass is 10.1. The molecule has 0 saturated heterocycles. The number of benzene rings is 2.